The van der Waals surface area contributed by atoms with E-state index in [0.717, 1.165) is 29.3 Å². The van der Waals surface area contributed by atoms with Gasteiger partial charge in [-0.1, -0.05) is 32.1 Å². The Morgan fingerprint density at radius 2 is 1.94 bits per heavy atom. The largest absolute Gasteiger partial charge is 0.412 e. The van der Waals surface area contributed by atoms with Gasteiger partial charge in [0.1, 0.15) is 0 Å². The van der Waals surface area contributed by atoms with Crippen molar-refractivity contribution in [3.8, 4) is 0 Å². The first-order chi connectivity index (χ1) is 14.5. The van der Waals surface area contributed by atoms with Crippen LogP contribution < -0.4 is 9.80 Å². The Bertz CT molecular complexity index is 970. The van der Waals surface area contributed by atoms with Crippen molar-refractivity contribution in [3.63, 3.8) is 0 Å². The van der Waals surface area contributed by atoms with Crippen LogP contribution in [0.3, 0.4) is 0 Å². The highest BCUT2D eigenvalue weighted by Gasteiger charge is 2.41. The van der Waals surface area contributed by atoms with E-state index in [2.05, 4.69) is 48.7 Å². The molecule has 0 amide bonds. The highest BCUT2D eigenvalue weighted by molar-refractivity contribution is 7.22. The van der Waals surface area contributed by atoms with E-state index in [-0.39, 0.29) is 21.8 Å². The first-order valence-electron chi connectivity index (χ1n) is 10.8. The summed E-state index contributed by atoms with van der Waals surface area (Å²) in [5.74, 6) is 0.401. The van der Waals surface area contributed by atoms with Crippen molar-refractivity contribution in [3.05, 3.63) is 16.2 Å². The van der Waals surface area contributed by atoms with E-state index < -0.39 is 8.32 Å². The molecular formula is C20H31N5O4SSi. The number of thiazole rings is 1. The predicted molar refractivity (Wildman–Crippen MR) is 126 cm³/mol. The van der Waals surface area contributed by atoms with Gasteiger partial charge in [-0.05, 0) is 24.6 Å². The molecule has 0 spiro atoms. The van der Waals surface area contributed by atoms with Gasteiger partial charge in [0.05, 0.1) is 28.9 Å². The number of rotatable bonds is 5. The van der Waals surface area contributed by atoms with Gasteiger partial charge in [-0.15, -0.1) is 0 Å². The summed E-state index contributed by atoms with van der Waals surface area (Å²) in [6.07, 6.45) is 0.914. The van der Waals surface area contributed by atoms with Crippen LogP contribution in [0.1, 0.15) is 27.2 Å². The van der Waals surface area contributed by atoms with Crippen LogP contribution in [0.5, 0.6) is 0 Å². The minimum absolute atomic E-state index is 0.0395. The Morgan fingerprint density at radius 1 is 1.23 bits per heavy atom. The zero-order valence-corrected chi connectivity index (χ0v) is 20.7. The van der Waals surface area contributed by atoms with Gasteiger partial charge in [0.15, 0.2) is 19.1 Å². The lowest BCUT2D eigenvalue weighted by Gasteiger charge is -2.38. The van der Waals surface area contributed by atoms with E-state index in [1.54, 1.807) is 6.07 Å². The number of pyridine rings is 1. The lowest BCUT2D eigenvalue weighted by molar-refractivity contribution is -0.384. The fourth-order valence-electron chi connectivity index (χ4n) is 3.70. The molecule has 4 heterocycles. The van der Waals surface area contributed by atoms with Gasteiger partial charge < -0.3 is 19.0 Å². The third-order valence-corrected chi connectivity index (χ3v) is 12.1. The monoisotopic (exact) mass is 465 g/mol. The topological polar surface area (TPSA) is 93.9 Å². The SMILES string of the molecule is CC(C)(C)[Si](C)(C)O[C@@H]1CCN(c2nc3nc(N4CCOCC4)sc3cc2[N+](=O)[O-])C1. The number of fused-ring (bicyclic) bond motifs is 1. The standard InChI is InChI=1S/C20H31N5O4SSi/c1-20(2,3)31(4,5)29-14-6-7-24(13-14)18-15(25(26)27)12-16-17(21-18)22-19(30-16)23-8-10-28-11-9-23/h12,14H,6-11,13H2,1-5H3/t14-/m1/s1. The number of morpholine rings is 1. The fourth-order valence-corrected chi connectivity index (χ4v) is 6.07. The predicted octanol–water partition coefficient (Wildman–Crippen LogP) is 4.04. The second kappa shape index (κ2) is 8.27. The number of aromatic nitrogens is 2. The molecule has 9 nitrogen and oxygen atoms in total. The summed E-state index contributed by atoms with van der Waals surface area (Å²) in [6.45, 7) is 15.3. The molecule has 170 valence electrons. The summed E-state index contributed by atoms with van der Waals surface area (Å²) in [5.41, 5.74) is 0.610. The molecule has 0 saturated carbocycles. The maximum atomic E-state index is 11.8. The van der Waals surface area contributed by atoms with Crippen molar-refractivity contribution in [1.82, 2.24) is 9.97 Å². The van der Waals surface area contributed by atoms with Crippen molar-refractivity contribution in [2.45, 2.75) is 51.4 Å². The molecule has 0 aromatic carbocycles. The lowest BCUT2D eigenvalue weighted by Crippen LogP contribution is -2.44. The molecule has 2 aromatic heterocycles. The molecule has 2 aromatic rings. The van der Waals surface area contributed by atoms with Crippen LogP contribution in [0.15, 0.2) is 6.07 Å². The molecule has 0 radical (unpaired) electrons. The van der Waals surface area contributed by atoms with Crippen LogP contribution in [0.4, 0.5) is 16.6 Å². The van der Waals surface area contributed by atoms with Crippen LogP contribution >= 0.6 is 11.3 Å². The Labute approximate surface area is 187 Å². The molecule has 2 aliphatic heterocycles. The van der Waals surface area contributed by atoms with E-state index in [0.29, 0.717) is 37.8 Å². The summed E-state index contributed by atoms with van der Waals surface area (Å²) in [7, 11) is -1.90. The van der Waals surface area contributed by atoms with Gasteiger partial charge in [-0.2, -0.15) is 4.98 Å². The van der Waals surface area contributed by atoms with Crippen molar-refractivity contribution in [2.75, 3.05) is 49.2 Å². The molecule has 2 fully saturated rings. The molecular weight excluding hydrogens is 434 g/mol. The molecule has 31 heavy (non-hydrogen) atoms. The maximum Gasteiger partial charge on any atom is 0.313 e. The van der Waals surface area contributed by atoms with E-state index in [9.17, 15) is 10.1 Å². The van der Waals surface area contributed by atoms with Gasteiger partial charge >= 0.3 is 5.69 Å². The number of hydrogen-bond donors (Lipinski definition) is 0. The Morgan fingerprint density at radius 3 is 2.58 bits per heavy atom. The van der Waals surface area contributed by atoms with Crippen molar-refractivity contribution in [1.29, 1.82) is 0 Å². The third kappa shape index (κ3) is 4.55. The first kappa shape index (κ1) is 22.4. The molecule has 0 bridgehead atoms. The minimum atomic E-state index is -1.90. The van der Waals surface area contributed by atoms with Crippen LogP contribution in [-0.4, -0.2) is 68.7 Å². The van der Waals surface area contributed by atoms with E-state index in [1.165, 1.54) is 11.3 Å². The zero-order valence-electron chi connectivity index (χ0n) is 18.9. The molecule has 0 unspecified atom stereocenters. The first-order valence-corrected chi connectivity index (χ1v) is 14.5. The summed E-state index contributed by atoms with van der Waals surface area (Å²) >= 11 is 1.45. The molecule has 4 rings (SSSR count). The molecule has 0 aliphatic carbocycles. The number of hydrogen-bond acceptors (Lipinski definition) is 9. The normalized spacial score (nSPS) is 20.6. The number of anilines is 2. The number of nitro groups is 1. The average Bonchev–Trinajstić information content (AvgIpc) is 3.32. The maximum absolute atomic E-state index is 11.8. The van der Waals surface area contributed by atoms with Gasteiger partial charge in [-0.3, -0.25) is 10.1 Å². The van der Waals surface area contributed by atoms with Gasteiger partial charge in [-0.25, -0.2) is 4.98 Å². The van der Waals surface area contributed by atoms with Crippen molar-refractivity contribution in [2.24, 2.45) is 0 Å². The highest BCUT2D eigenvalue weighted by Crippen LogP contribution is 2.40. The molecule has 2 saturated heterocycles. The van der Waals surface area contributed by atoms with Crippen molar-refractivity contribution >= 4 is 46.6 Å². The van der Waals surface area contributed by atoms with Gasteiger partial charge in [0, 0.05) is 32.2 Å². The molecule has 11 heteroatoms. The Kier molecular flexibility index (Phi) is 5.97. The van der Waals surface area contributed by atoms with E-state index >= 15 is 0 Å². The third-order valence-electron chi connectivity index (χ3n) is 6.52. The summed E-state index contributed by atoms with van der Waals surface area (Å²) in [6, 6.07) is 1.63. The van der Waals surface area contributed by atoms with Gasteiger partial charge in [0.25, 0.3) is 0 Å². The van der Waals surface area contributed by atoms with Crippen LogP contribution in [0, 0.1) is 10.1 Å². The molecule has 1 atom stereocenters. The quantitative estimate of drug-likeness (QED) is 0.371. The number of ether oxygens (including phenoxy) is 1. The Balaban J connectivity index is 1.59. The summed E-state index contributed by atoms with van der Waals surface area (Å²) in [5, 5.41) is 12.8. The second-order valence-electron chi connectivity index (χ2n) is 9.74. The van der Waals surface area contributed by atoms with Crippen LogP contribution in [-0.2, 0) is 9.16 Å². The van der Waals surface area contributed by atoms with Crippen molar-refractivity contribution < 1.29 is 14.1 Å². The minimum Gasteiger partial charge on any atom is -0.412 e. The lowest BCUT2D eigenvalue weighted by atomic mass is 10.2. The van der Waals surface area contributed by atoms with E-state index in [4.69, 9.17) is 9.16 Å². The summed E-state index contributed by atoms with van der Waals surface area (Å²) < 4.78 is 12.7. The fraction of sp³-hybridized carbons (Fsp3) is 0.700. The summed E-state index contributed by atoms with van der Waals surface area (Å²) in [4.78, 5) is 25.0. The molecule has 2 aliphatic rings. The van der Waals surface area contributed by atoms with Crippen LogP contribution in [0.25, 0.3) is 10.3 Å². The van der Waals surface area contributed by atoms with Gasteiger partial charge in [0.2, 0.25) is 5.82 Å². The molecule has 0 N–H and O–H groups in total. The number of nitrogens with zero attached hydrogens (tertiary/aromatic N) is 5. The highest BCUT2D eigenvalue weighted by atomic mass is 32.1. The average molecular weight is 466 g/mol. The van der Waals surface area contributed by atoms with E-state index in [1.807, 2.05) is 4.90 Å². The zero-order chi connectivity index (χ0) is 22.4. The second-order valence-corrected chi connectivity index (χ2v) is 15.5. The Hall–Kier alpha value is -1.82. The van der Waals surface area contributed by atoms with Crippen LogP contribution in [0.2, 0.25) is 18.1 Å². The smallest absolute Gasteiger partial charge is 0.313 e.